The normalized spacial score (nSPS) is 12.3. The molecular formula is C38H28N10O4S2. The number of ether oxygens (including phenoxy) is 2. The lowest BCUT2D eigenvalue weighted by Crippen LogP contribution is -1.99. The van der Waals surface area contributed by atoms with Crippen molar-refractivity contribution in [3.8, 4) is 22.6 Å². The fraction of sp³-hybridized carbons (Fsp3) is 0.0526. The van der Waals surface area contributed by atoms with Gasteiger partial charge in [-0.2, -0.15) is 0 Å². The van der Waals surface area contributed by atoms with Crippen LogP contribution in [0.15, 0.2) is 161 Å². The molecule has 0 fully saturated rings. The Morgan fingerprint density at radius 3 is 1.44 bits per heavy atom. The van der Waals surface area contributed by atoms with Gasteiger partial charge >= 0.3 is 0 Å². The highest BCUT2D eigenvalue weighted by atomic mass is 32.1. The summed E-state index contributed by atoms with van der Waals surface area (Å²) >= 11 is 2.96. The van der Waals surface area contributed by atoms with Gasteiger partial charge in [-0.3, -0.25) is 10.9 Å². The van der Waals surface area contributed by atoms with Crippen LogP contribution in [0.2, 0.25) is 0 Å². The lowest BCUT2D eigenvalue weighted by atomic mass is 10.0. The molecule has 0 spiro atoms. The molecule has 0 bridgehead atoms. The molecule has 266 valence electrons. The van der Waals surface area contributed by atoms with Gasteiger partial charge in [0.05, 0.1) is 47.2 Å². The van der Waals surface area contributed by atoms with Crippen molar-refractivity contribution in [2.45, 2.75) is 0 Å². The molecule has 0 aliphatic rings. The Morgan fingerprint density at radius 2 is 1.04 bits per heavy atom. The van der Waals surface area contributed by atoms with Crippen LogP contribution >= 0.6 is 22.7 Å². The van der Waals surface area contributed by atoms with Crippen molar-refractivity contribution >= 4 is 76.4 Å². The average Bonchev–Trinajstić information content (AvgIpc) is 4.05. The topological polar surface area (TPSA) is 169 Å². The van der Waals surface area contributed by atoms with Crippen molar-refractivity contribution in [1.29, 1.82) is 0 Å². The first-order chi connectivity index (χ1) is 26.6. The number of hydrogen-bond acceptors (Lipinski definition) is 14. The standard InChI is InChI=1S/C38H28N10O4S2/c1-49-31-21-23(15-17-25(31)41-43-35(29-11-7-19-51-29)45-47-37-39-27-9-3-5-13-33(27)53-37)24-16-18-26(32(22-24)50-2)42-44-36(30-12-8-20-52-30)46-48-38-40-28-10-4-6-14-34(28)54-38/h3-22H,1-2H3,(H,39,47)(H,40,48)/b43-41?,44-42?,45-35+,46-36+. The van der Waals surface area contributed by atoms with E-state index in [1.54, 1.807) is 51.0 Å². The molecule has 4 aromatic carbocycles. The van der Waals surface area contributed by atoms with E-state index in [0.29, 0.717) is 44.7 Å². The lowest BCUT2D eigenvalue weighted by molar-refractivity contribution is 0.415. The van der Waals surface area contributed by atoms with E-state index in [0.717, 1.165) is 31.6 Å². The number of fused-ring (bicyclic) bond motifs is 2. The highest BCUT2D eigenvalue weighted by Gasteiger charge is 2.13. The van der Waals surface area contributed by atoms with Gasteiger partial charge in [-0.05, 0) is 83.9 Å². The van der Waals surface area contributed by atoms with Crippen LogP contribution in [0.1, 0.15) is 11.5 Å². The Hall–Kier alpha value is -7.04. The molecule has 0 saturated carbocycles. The predicted molar refractivity (Wildman–Crippen MR) is 211 cm³/mol. The molecule has 0 radical (unpaired) electrons. The maximum absolute atomic E-state index is 5.71. The predicted octanol–water partition coefficient (Wildman–Crippen LogP) is 10.9. The van der Waals surface area contributed by atoms with Gasteiger partial charge in [0.1, 0.15) is 22.9 Å². The molecule has 2 N–H and O–H groups in total. The summed E-state index contributed by atoms with van der Waals surface area (Å²) in [4.78, 5) is 9.13. The zero-order valence-electron chi connectivity index (χ0n) is 28.6. The second-order valence-corrected chi connectivity index (χ2v) is 13.3. The molecule has 4 aromatic heterocycles. The van der Waals surface area contributed by atoms with E-state index in [4.69, 9.17) is 18.3 Å². The summed E-state index contributed by atoms with van der Waals surface area (Å²) in [5, 5.41) is 27.8. The summed E-state index contributed by atoms with van der Waals surface area (Å²) in [5.41, 5.74) is 10.4. The third-order valence-electron chi connectivity index (χ3n) is 7.78. The number of furan rings is 2. The van der Waals surface area contributed by atoms with Crippen molar-refractivity contribution in [1.82, 2.24) is 9.97 Å². The van der Waals surface area contributed by atoms with Gasteiger partial charge in [-0.1, -0.05) is 59.1 Å². The van der Waals surface area contributed by atoms with E-state index < -0.39 is 0 Å². The molecule has 4 heterocycles. The molecule has 8 rings (SSSR count). The van der Waals surface area contributed by atoms with Gasteiger partial charge in [0.2, 0.25) is 21.9 Å². The summed E-state index contributed by atoms with van der Waals surface area (Å²) in [5.74, 6) is 2.31. The second kappa shape index (κ2) is 15.7. The highest BCUT2D eigenvalue weighted by molar-refractivity contribution is 7.22. The largest absolute Gasteiger partial charge is 0.494 e. The number of anilines is 2. The van der Waals surface area contributed by atoms with Crippen LogP contribution in [-0.4, -0.2) is 35.9 Å². The third-order valence-corrected chi connectivity index (χ3v) is 9.67. The van der Waals surface area contributed by atoms with Gasteiger partial charge in [0.25, 0.3) is 0 Å². The maximum Gasteiger partial charge on any atom is 0.236 e. The highest BCUT2D eigenvalue weighted by Crippen LogP contribution is 2.37. The molecule has 0 aliphatic heterocycles. The molecule has 0 atom stereocenters. The number of methoxy groups -OCH3 is 2. The van der Waals surface area contributed by atoms with Gasteiger partial charge in [-0.25, -0.2) is 9.97 Å². The zero-order valence-corrected chi connectivity index (χ0v) is 30.2. The van der Waals surface area contributed by atoms with Crippen LogP contribution in [0.4, 0.5) is 21.6 Å². The first-order valence-corrected chi connectivity index (χ1v) is 17.9. The van der Waals surface area contributed by atoms with Gasteiger partial charge < -0.3 is 18.3 Å². The fourth-order valence-corrected chi connectivity index (χ4v) is 6.81. The van der Waals surface area contributed by atoms with Crippen LogP contribution < -0.4 is 20.3 Å². The molecule has 0 aliphatic carbocycles. The Bertz CT molecular complexity index is 2410. The van der Waals surface area contributed by atoms with Crippen LogP contribution in [0, 0.1) is 0 Å². The van der Waals surface area contributed by atoms with E-state index in [1.807, 2.05) is 84.9 Å². The summed E-state index contributed by atoms with van der Waals surface area (Å²) in [6, 6.07) is 33.9. The zero-order chi connectivity index (χ0) is 36.7. The summed E-state index contributed by atoms with van der Waals surface area (Å²) in [6.07, 6.45) is 3.09. The van der Waals surface area contributed by atoms with E-state index in [9.17, 15) is 0 Å². The minimum Gasteiger partial charge on any atom is -0.494 e. The lowest BCUT2D eigenvalue weighted by Gasteiger charge is -2.10. The first-order valence-electron chi connectivity index (χ1n) is 16.3. The number of amidine groups is 2. The average molecular weight is 753 g/mol. The van der Waals surface area contributed by atoms with Gasteiger partial charge in [0, 0.05) is 0 Å². The van der Waals surface area contributed by atoms with Crippen LogP contribution in [0.25, 0.3) is 31.6 Å². The van der Waals surface area contributed by atoms with Crippen molar-refractivity contribution in [3.05, 3.63) is 133 Å². The van der Waals surface area contributed by atoms with Crippen LogP contribution in [0.3, 0.4) is 0 Å². The van der Waals surface area contributed by atoms with Gasteiger partial charge in [-0.15, -0.1) is 30.7 Å². The van der Waals surface area contributed by atoms with E-state index in [1.165, 1.54) is 22.7 Å². The molecule has 0 amide bonds. The molecular weight excluding hydrogens is 725 g/mol. The summed E-state index contributed by atoms with van der Waals surface area (Å²) in [7, 11) is 3.14. The number of rotatable bonds is 11. The SMILES string of the molecule is COc1cc(-c2ccc(N=N/C(=N/Nc3nc4ccccc4s3)c3ccco3)c(OC)c2)ccc1N=N/C(=N/Nc1nc2ccccc2s1)c1ccco1. The second-order valence-electron chi connectivity index (χ2n) is 11.2. The molecule has 14 nitrogen and oxygen atoms in total. The summed E-state index contributed by atoms with van der Waals surface area (Å²) in [6.45, 7) is 0. The third kappa shape index (κ3) is 7.59. The number of azo groups is 2. The Labute approximate surface area is 315 Å². The number of hydrogen-bond donors (Lipinski definition) is 2. The Morgan fingerprint density at radius 1 is 0.574 bits per heavy atom. The van der Waals surface area contributed by atoms with E-state index in [-0.39, 0.29) is 11.7 Å². The Balaban J connectivity index is 1.02. The first kappa shape index (κ1) is 34.1. The van der Waals surface area contributed by atoms with E-state index in [2.05, 4.69) is 51.5 Å². The smallest absolute Gasteiger partial charge is 0.236 e. The van der Waals surface area contributed by atoms with Crippen LogP contribution in [0.5, 0.6) is 11.5 Å². The number of hydrazone groups is 2. The van der Waals surface area contributed by atoms with Crippen molar-refractivity contribution in [2.24, 2.45) is 30.7 Å². The van der Waals surface area contributed by atoms with Crippen molar-refractivity contribution in [2.75, 3.05) is 25.1 Å². The minimum atomic E-state index is 0.229. The fourth-order valence-electron chi connectivity index (χ4n) is 5.19. The molecule has 0 saturated heterocycles. The van der Waals surface area contributed by atoms with Crippen molar-refractivity contribution < 1.29 is 18.3 Å². The number of thiazole rings is 2. The number of nitrogens with zero attached hydrogens (tertiary/aromatic N) is 8. The maximum atomic E-state index is 5.71. The molecule has 8 aromatic rings. The monoisotopic (exact) mass is 752 g/mol. The summed E-state index contributed by atoms with van der Waals surface area (Å²) < 4.78 is 24.6. The number of nitrogens with one attached hydrogen (secondary N) is 2. The van der Waals surface area contributed by atoms with Crippen molar-refractivity contribution in [3.63, 3.8) is 0 Å². The number of benzene rings is 4. The minimum absolute atomic E-state index is 0.229. The quantitative estimate of drug-likeness (QED) is 0.0569. The number of para-hydroxylation sites is 2. The van der Waals surface area contributed by atoms with E-state index >= 15 is 0 Å². The molecule has 0 unspecified atom stereocenters. The number of aromatic nitrogens is 2. The van der Waals surface area contributed by atoms with Crippen LogP contribution in [-0.2, 0) is 0 Å². The molecule has 54 heavy (non-hydrogen) atoms. The van der Waals surface area contributed by atoms with Gasteiger partial charge in [0.15, 0.2) is 11.5 Å². The molecule has 16 heteroatoms. The Kier molecular flexibility index (Phi) is 9.90.